The molecule has 1 atom stereocenters. The lowest BCUT2D eigenvalue weighted by molar-refractivity contribution is 0.106. The molecule has 1 rings (SSSR count). The van der Waals surface area contributed by atoms with E-state index in [0.29, 0.717) is 0 Å². The molecular weight excluding hydrogens is 172 g/mol. The first-order valence-corrected chi connectivity index (χ1v) is 4.91. The van der Waals surface area contributed by atoms with Crippen LogP contribution >= 0.6 is 0 Å². The molecule has 76 valence electrons. The Balaban J connectivity index is 2.66. The van der Waals surface area contributed by atoms with Crippen LogP contribution in [0, 0.1) is 5.41 Å². The van der Waals surface area contributed by atoms with Gasteiger partial charge in [0.25, 0.3) is 0 Å². The number of hydrogen-bond acceptors (Lipinski definition) is 1. The lowest BCUT2D eigenvalue weighted by Crippen LogP contribution is -2.23. The van der Waals surface area contributed by atoms with Crippen LogP contribution in [0.15, 0.2) is 36.4 Å². The summed E-state index contributed by atoms with van der Waals surface area (Å²) in [6.45, 7) is 6.06. The van der Waals surface area contributed by atoms with E-state index in [2.05, 4.69) is 0 Å². The minimum Gasteiger partial charge on any atom is -0.388 e. The van der Waals surface area contributed by atoms with Crippen LogP contribution in [0.25, 0.3) is 6.08 Å². The van der Waals surface area contributed by atoms with Crippen LogP contribution < -0.4 is 0 Å². The lowest BCUT2D eigenvalue weighted by Gasteiger charge is -2.22. The molecule has 0 aliphatic rings. The fourth-order valence-electron chi connectivity index (χ4n) is 1.06. The van der Waals surface area contributed by atoms with Crippen LogP contribution in [-0.4, -0.2) is 11.2 Å². The molecule has 0 bridgehead atoms. The predicted molar refractivity (Wildman–Crippen MR) is 60.9 cm³/mol. The van der Waals surface area contributed by atoms with Gasteiger partial charge in [0.1, 0.15) is 0 Å². The summed E-state index contributed by atoms with van der Waals surface area (Å²) in [7, 11) is 0. The third kappa shape index (κ3) is 3.35. The van der Waals surface area contributed by atoms with Crippen molar-refractivity contribution >= 4 is 6.08 Å². The summed E-state index contributed by atoms with van der Waals surface area (Å²) in [5, 5.41) is 9.76. The molecule has 0 aliphatic heterocycles. The Kier molecular flexibility index (Phi) is 3.48. The van der Waals surface area contributed by atoms with Gasteiger partial charge in [-0.15, -0.1) is 0 Å². The van der Waals surface area contributed by atoms with Crippen molar-refractivity contribution in [1.82, 2.24) is 0 Å². The Morgan fingerprint density at radius 3 is 2.21 bits per heavy atom. The van der Waals surface area contributed by atoms with Gasteiger partial charge in [-0.2, -0.15) is 0 Å². The molecule has 0 aliphatic carbocycles. The fourth-order valence-corrected chi connectivity index (χ4v) is 1.06. The topological polar surface area (TPSA) is 20.2 Å². The highest BCUT2D eigenvalue weighted by Gasteiger charge is 2.18. The number of aliphatic hydroxyl groups excluding tert-OH is 1. The Hall–Kier alpha value is -1.08. The largest absolute Gasteiger partial charge is 0.388 e. The van der Waals surface area contributed by atoms with Gasteiger partial charge in [-0.25, -0.2) is 0 Å². The quantitative estimate of drug-likeness (QED) is 0.759. The average molecular weight is 190 g/mol. The zero-order valence-corrected chi connectivity index (χ0v) is 9.07. The number of hydrogen-bond donors (Lipinski definition) is 1. The van der Waals surface area contributed by atoms with Crippen LogP contribution in [0.4, 0.5) is 0 Å². The van der Waals surface area contributed by atoms with Crippen molar-refractivity contribution in [3.8, 4) is 0 Å². The number of benzene rings is 1. The van der Waals surface area contributed by atoms with E-state index in [1.807, 2.05) is 63.3 Å². The molecule has 0 saturated heterocycles. The van der Waals surface area contributed by atoms with E-state index >= 15 is 0 Å². The second-order valence-corrected chi connectivity index (χ2v) is 4.58. The van der Waals surface area contributed by atoms with E-state index in [0.717, 1.165) is 5.56 Å². The maximum absolute atomic E-state index is 9.76. The van der Waals surface area contributed by atoms with Crippen LogP contribution in [0.5, 0.6) is 0 Å². The first-order chi connectivity index (χ1) is 6.50. The van der Waals surface area contributed by atoms with Crippen LogP contribution in [0.1, 0.15) is 26.3 Å². The van der Waals surface area contributed by atoms with Crippen molar-refractivity contribution < 1.29 is 5.11 Å². The minimum absolute atomic E-state index is 0.0920. The van der Waals surface area contributed by atoms with Gasteiger partial charge < -0.3 is 5.11 Å². The molecule has 0 amide bonds. The molecule has 0 unspecified atom stereocenters. The Morgan fingerprint density at radius 1 is 1.14 bits per heavy atom. The molecule has 1 nitrogen and oxygen atoms in total. The molecule has 1 aromatic rings. The molecule has 0 fully saturated rings. The summed E-state index contributed by atoms with van der Waals surface area (Å²) >= 11 is 0. The van der Waals surface area contributed by atoms with Gasteiger partial charge in [-0.05, 0) is 11.0 Å². The molecule has 0 aromatic heterocycles. The standard InChI is InChI=1S/C13H18O/c1-13(2,3)12(14)10-9-11-7-5-4-6-8-11/h4-10,12,14H,1-3H3/b10-9+/t12-/m1/s1. The zero-order chi connectivity index (χ0) is 10.6. The van der Waals surface area contributed by atoms with Crippen molar-refractivity contribution in [2.45, 2.75) is 26.9 Å². The van der Waals surface area contributed by atoms with E-state index in [9.17, 15) is 5.11 Å². The average Bonchev–Trinajstić information content (AvgIpc) is 2.14. The van der Waals surface area contributed by atoms with Crippen molar-refractivity contribution in [2.75, 3.05) is 0 Å². The van der Waals surface area contributed by atoms with E-state index < -0.39 is 6.10 Å². The Bertz CT molecular complexity index is 293. The first kappa shape index (κ1) is 11.0. The van der Waals surface area contributed by atoms with Gasteiger partial charge in [-0.3, -0.25) is 0 Å². The molecule has 0 saturated carbocycles. The molecule has 0 radical (unpaired) electrons. The van der Waals surface area contributed by atoms with Crippen molar-refractivity contribution in [3.05, 3.63) is 42.0 Å². The third-order valence-electron chi connectivity index (χ3n) is 2.16. The summed E-state index contributed by atoms with van der Waals surface area (Å²) in [5.74, 6) is 0. The molecule has 0 heterocycles. The number of aliphatic hydroxyl groups is 1. The van der Waals surface area contributed by atoms with Crippen LogP contribution in [0.2, 0.25) is 0 Å². The SMILES string of the molecule is CC(C)(C)[C@H](O)/C=C/c1ccccc1. The summed E-state index contributed by atoms with van der Waals surface area (Å²) < 4.78 is 0. The van der Waals surface area contributed by atoms with Gasteiger partial charge in [0.2, 0.25) is 0 Å². The monoisotopic (exact) mass is 190 g/mol. The van der Waals surface area contributed by atoms with Gasteiger partial charge in [-0.1, -0.05) is 63.3 Å². The second-order valence-electron chi connectivity index (χ2n) is 4.58. The molecule has 1 aromatic carbocycles. The highest BCUT2D eigenvalue weighted by molar-refractivity contribution is 5.49. The summed E-state index contributed by atoms with van der Waals surface area (Å²) in [5.41, 5.74) is 1.03. The summed E-state index contributed by atoms with van der Waals surface area (Å²) in [4.78, 5) is 0. The van der Waals surface area contributed by atoms with Gasteiger partial charge in [0.05, 0.1) is 6.10 Å². The van der Waals surface area contributed by atoms with Crippen LogP contribution in [-0.2, 0) is 0 Å². The molecule has 14 heavy (non-hydrogen) atoms. The van der Waals surface area contributed by atoms with E-state index in [1.165, 1.54) is 0 Å². The van der Waals surface area contributed by atoms with Gasteiger partial charge in [0, 0.05) is 0 Å². The Morgan fingerprint density at radius 2 is 1.71 bits per heavy atom. The van der Waals surface area contributed by atoms with E-state index in [4.69, 9.17) is 0 Å². The third-order valence-corrected chi connectivity index (χ3v) is 2.16. The summed E-state index contributed by atoms with van der Waals surface area (Å²) in [6.07, 6.45) is 3.40. The normalized spacial score (nSPS) is 14.6. The van der Waals surface area contributed by atoms with Crippen molar-refractivity contribution in [1.29, 1.82) is 0 Å². The fraction of sp³-hybridized carbons (Fsp3) is 0.385. The maximum atomic E-state index is 9.76. The lowest BCUT2D eigenvalue weighted by atomic mass is 9.89. The summed E-state index contributed by atoms with van der Waals surface area (Å²) in [6, 6.07) is 10.0. The smallest absolute Gasteiger partial charge is 0.0772 e. The zero-order valence-electron chi connectivity index (χ0n) is 9.07. The second kappa shape index (κ2) is 4.43. The van der Waals surface area contributed by atoms with Gasteiger partial charge in [0.15, 0.2) is 0 Å². The minimum atomic E-state index is -0.400. The molecular formula is C13H18O. The molecule has 1 N–H and O–H groups in total. The van der Waals surface area contributed by atoms with Crippen molar-refractivity contribution in [2.24, 2.45) is 5.41 Å². The highest BCUT2D eigenvalue weighted by atomic mass is 16.3. The number of rotatable bonds is 2. The van der Waals surface area contributed by atoms with Crippen LogP contribution in [0.3, 0.4) is 0 Å². The Labute approximate surface area is 86.1 Å². The van der Waals surface area contributed by atoms with E-state index in [-0.39, 0.29) is 5.41 Å². The molecule has 1 heteroatoms. The highest BCUT2D eigenvalue weighted by Crippen LogP contribution is 2.20. The maximum Gasteiger partial charge on any atom is 0.0772 e. The predicted octanol–water partition coefficient (Wildman–Crippen LogP) is 3.11. The van der Waals surface area contributed by atoms with Crippen molar-refractivity contribution in [3.63, 3.8) is 0 Å². The first-order valence-electron chi connectivity index (χ1n) is 4.91. The van der Waals surface area contributed by atoms with E-state index in [1.54, 1.807) is 0 Å². The molecule has 0 spiro atoms. The van der Waals surface area contributed by atoms with Gasteiger partial charge >= 0.3 is 0 Å².